The minimum absolute atomic E-state index is 0.235. The van der Waals surface area contributed by atoms with E-state index in [0.717, 1.165) is 0 Å². The molecule has 0 heterocycles. The van der Waals surface area contributed by atoms with E-state index in [4.69, 9.17) is 0 Å². The van der Waals surface area contributed by atoms with E-state index in [9.17, 15) is 0 Å². The topological polar surface area (TPSA) is 3.24 Å². The van der Waals surface area contributed by atoms with Crippen molar-refractivity contribution in [1.82, 2.24) is 0 Å². The van der Waals surface area contributed by atoms with Crippen LogP contribution in [0.4, 0.5) is 5.69 Å². The Kier molecular flexibility index (Phi) is 3.13. The third kappa shape index (κ3) is 2.53. The minimum Gasteiger partial charge on any atom is -0.378 e. The van der Waals surface area contributed by atoms with E-state index in [1.165, 1.54) is 22.4 Å². The van der Waals surface area contributed by atoms with Crippen LogP contribution in [0.2, 0.25) is 0 Å². The Morgan fingerprint density at radius 1 is 0.933 bits per heavy atom. The smallest absolute Gasteiger partial charge is 0.0366 e. The lowest BCUT2D eigenvalue weighted by atomic mass is 9.81. The van der Waals surface area contributed by atoms with Gasteiger partial charge in [0.25, 0.3) is 0 Å². The van der Waals surface area contributed by atoms with E-state index in [2.05, 4.69) is 65.7 Å². The molecule has 1 rings (SSSR count). The normalized spacial score (nSPS) is 11.7. The van der Waals surface area contributed by atoms with Crippen molar-refractivity contribution in [2.75, 3.05) is 19.0 Å². The zero-order valence-electron chi connectivity index (χ0n) is 11.1. The first kappa shape index (κ1) is 12.1. The largest absolute Gasteiger partial charge is 0.378 e. The van der Waals surface area contributed by atoms with Gasteiger partial charge >= 0.3 is 0 Å². The second-order valence-electron chi connectivity index (χ2n) is 5.60. The van der Waals surface area contributed by atoms with Gasteiger partial charge in [-0.15, -0.1) is 0 Å². The van der Waals surface area contributed by atoms with E-state index in [1.54, 1.807) is 0 Å². The Balaban J connectivity index is 3.34. The Bertz CT molecular complexity index is 333. The number of hydrogen-bond acceptors (Lipinski definition) is 1. The molecule has 0 spiro atoms. The van der Waals surface area contributed by atoms with E-state index in [1.807, 2.05) is 0 Å². The summed E-state index contributed by atoms with van der Waals surface area (Å²) in [6.07, 6.45) is 0. The van der Waals surface area contributed by atoms with Crippen molar-refractivity contribution < 1.29 is 0 Å². The van der Waals surface area contributed by atoms with Gasteiger partial charge in [0.1, 0.15) is 0 Å². The van der Waals surface area contributed by atoms with Gasteiger partial charge in [0.05, 0.1) is 0 Å². The molecule has 0 aromatic heterocycles. The summed E-state index contributed by atoms with van der Waals surface area (Å²) in [6, 6.07) is 4.54. The van der Waals surface area contributed by atoms with Crippen molar-refractivity contribution in [3.05, 3.63) is 28.8 Å². The lowest BCUT2D eigenvalue weighted by molar-refractivity contribution is 0.582. The maximum absolute atomic E-state index is 2.28. The van der Waals surface area contributed by atoms with Crippen LogP contribution in [-0.2, 0) is 5.41 Å². The third-order valence-corrected chi connectivity index (χ3v) is 2.78. The van der Waals surface area contributed by atoms with Crippen LogP contribution in [0.1, 0.15) is 37.5 Å². The maximum Gasteiger partial charge on any atom is 0.0366 e. The number of aryl methyl sites for hydroxylation is 2. The molecule has 0 bridgehead atoms. The molecule has 0 N–H and O–H groups in total. The van der Waals surface area contributed by atoms with Gasteiger partial charge in [0, 0.05) is 19.8 Å². The molecular formula is C14H23N. The van der Waals surface area contributed by atoms with Crippen molar-refractivity contribution >= 4 is 5.69 Å². The molecular weight excluding hydrogens is 182 g/mol. The lowest BCUT2D eigenvalue weighted by Gasteiger charge is -2.26. The standard InChI is InChI=1S/C14H23N/c1-10-8-12(15(6)7)9-11(2)13(10)14(3,4)5/h8-9H,1-7H3. The predicted octanol–water partition coefficient (Wildman–Crippen LogP) is 3.67. The molecule has 0 radical (unpaired) electrons. The highest BCUT2D eigenvalue weighted by Crippen LogP contribution is 2.31. The average Bonchev–Trinajstić information content (AvgIpc) is 1.99. The van der Waals surface area contributed by atoms with E-state index >= 15 is 0 Å². The third-order valence-electron chi connectivity index (χ3n) is 2.78. The Morgan fingerprint density at radius 3 is 1.60 bits per heavy atom. The summed E-state index contributed by atoms with van der Waals surface area (Å²) in [4.78, 5) is 2.16. The zero-order valence-corrected chi connectivity index (χ0v) is 11.1. The average molecular weight is 205 g/mol. The fourth-order valence-electron chi connectivity index (χ4n) is 2.38. The van der Waals surface area contributed by atoms with Crippen molar-refractivity contribution in [3.63, 3.8) is 0 Å². The molecule has 0 unspecified atom stereocenters. The number of benzene rings is 1. The van der Waals surface area contributed by atoms with Gasteiger partial charge in [-0.2, -0.15) is 0 Å². The fourth-order valence-corrected chi connectivity index (χ4v) is 2.38. The molecule has 1 aromatic carbocycles. The van der Waals surface area contributed by atoms with Crippen LogP contribution in [0, 0.1) is 13.8 Å². The lowest BCUT2D eigenvalue weighted by Crippen LogP contribution is -2.17. The van der Waals surface area contributed by atoms with Gasteiger partial charge in [-0.3, -0.25) is 0 Å². The Hall–Kier alpha value is -0.980. The van der Waals surface area contributed by atoms with Crippen LogP contribution in [-0.4, -0.2) is 14.1 Å². The quantitative estimate of drug-likeness (QED) is 0.676. The zero-order chi connectivity index (χ0) is 11.8. The molecule has 84 valence electrons. The molecule has 1 aromatic rings. The van der Waals surface area contributed by atoms with Gasteiger partial charge in [0.2, 0.25) is 0 Å². The maximum atomic E-state index is 2.28. The highest BCUT2D eigenvalue weighted by molar-refractivity contribution is 5.54. The Morgan fingerprint density at radius 2 is 1.33 bits per heavy atom. The van der Waals surface area contributed by atoms with Gasteiger partial charge in [-0.05, 0) is 48.1 Å². The van der Waals surface area contributed by atoms with Crippen molar-refractivity contribution in [1.29, 1.82) is 0 Å². The van der Waals surface area contributed by atoms with Crippen LogP contribution < -0.4 is 4.90 Å². The summed E-state index contributed by atoms with van der Waals surface area (Å²) >= 11 is 0. The Labute approximate surface area is 94.1 Å². The minimum atomic E-state index is 0.235. The molecule has 0 aliphatic carbocycles. The summed E-state index contributed by atoms with van der Waals surface area (Å²) in [5.74, 6) is 0. The second-order valence-corrected chi connectivity index (χ2v) is 5.60. The van der Waals surface area contributed by atoms with Crippen LogP contribution in [0.15, 0.2) is 12.1 Å². The van der Waals surface area contributed by atoms with Crippen LogP contribution in [0.5, 0.6) is 0 Å². The van der Waals surface area contributed by atoms with Crippen LogP contribution in [0.25, 0.3) is 0 Å². The number of nitrogens with zero attached hydrogens (tertiary/aromatic N) is 1. The molecule has 1 heteroatoms. The first-order valence-electron chi connectivity index (χ1n) is 5.52. The SMILES string of the molecule is Cc1cc(N(C)C)cc(C)c1C(C)(C)C. The molecule has 1 nitrogen and oxygen atoms in total. The highest BCUT2D eigenvalue weighted by atomic mass is 15.1. The van der Waals surface area contributed by atoms with Crippen molar-refractivity contribution in [2.45, 2.75) is 40.0 Å². The summed E-state index contributed by atoms with van der Waals surface area (Å²) < 4.78 is 0. The first-order valence-corrected chi connectivity index (χ1v) is 5.52. The van der Waals surface area contributed by atoms with E-state index < -0.39 is 0 Å². The van der Waals surface area contributed by atoms with Crippen LogP contribution in [0.3, 0.4) is 0 Å². The number of rotatable bonds is 1. The second kappa shape index (κ2) is 3.88. The predicted molar refractivity (Wildman–Crippen MR) is 68.9 cm³/mol. The number of hydrogen-bond donors (Lipinski definition) is 0. The molecule has 0 saturated heterocycles. The van der Waals surface area contributed by atoms with E-state index in [0.29, 0.717) is 0 Å². The molecule has 0 aliphatic rings. The van der Waals surface area contributed by atoms with Gasteiger partial charge in [0.15, 0.2) is 0 Å². The fraction of sp³-hybridized carbons (Fsp3) is 0.571. The molecule has 0 saturated carbocycles. The summed E-state index contributed by atoms with van der Waals surface area (Å²) in [6.45, 7) is 11.2. The molecule has 0 aliphatic heterocycles. The number of anilines is 1. The first-order chi connectivity index (χ1) is 6.73. The van der Waals surface area contributed by atoms with Crippen LogP contribution >= 0.6 is 0 Å². The molecule has 0 atom stereocenters. The monoisotopic (exact) mass is 205 g/mol. The molecule has 15 heavy (non-hydrogen) atoms. The summed E-state index contributed by atoms with van der Waals surface area (Å²) in [7, 11) is 4.18. The summed E-state index contributed by atoms with van der Waals surface area (Å²) in [5.41, 5.74) is 5.79. The highest BCUT2D eigenvalue weighted by Gasteiger charge is 2.19. The molecule has 0 fully saturated rings. The van der Waals surface area contributed by atoms with Crippen molar-refractivity contribution in [3.8, 4) is 0 Å². The van der Waals surface area contributed by atoms with Gasteiger partial charge in [-0.25, -0.2) is 0 Å². The molecule has 0 amide bonds. The van der Waals surface area contributed by atoms with Gasteiger partial charge < -0.3 is 4.90 Å². The van der Waals surface area contributed by atoms with Gasteiger partial charge in [-0.1, -0.05) is 20.8 Å². The summed E-state index contributed by atoms with van der Waals surface area (Å²) in [5, 5.41) is 0. The van der Waals surface area contributed by atoms with Crippen molar-refractivity contribution in [2.24, 2.45) is 0 Å². The van der Waals surface area contributed by atoms with E-state index in [-0.39, 0.29) is 5.41 Å².